The van der Waals surface area contributed by atoms with Gasteiger partial charge in [0.1, 0.15) is 0 Å². The highest BCUT2D eigenvalue weighted by atomic mass is 32.2. The first kappa shape index (κ1) is 21.4. The van der Waals surface area contributed by atoms with Gasteiger partial charge in [-0.2, -0.15) is 0 Å². The lowest BCUT2D eigenvalue weighted by Crippen LogP contribution is -2.55. The summed E-state index contributed by atoms with van der Waals surface area (Å²) in [5.41, 5.74) is 2.35. The Balaban J connectivity index is 1.17. The number of thioether (sulfide) groups is 2. The molecule has 4 unspecified atom stereocenters. The Kier molecular flexibility index (Phi) is 5.51. The van der Waals surface area contributed by atoms with E-state index in [1.165, 1.54) is 74.9 Å². The zero-order valence-electron chi connectivity index (χ0n) is 19.5. The molecule has 0 bridgehead atoms. The molecule has 4 saturated carbocycles. The van der Waals surface area contributed by atoms with Crippen LogP contribution >= 0.6 is 23.5 Å². The molecular weight excluding hydrogens is 416 g/mol. The number of ether oxygens (including phenoxy) is 1. The summed E-state index contributed by atoms with van der Waals surface area (Å²) >= 11 is 4.63. The average molecular weight is 457 g/mol. The van der Waals surface area contributed by atoms with Crippen LogP contribution in [0.15, 0.2) is 30.3 Å². The lowest BCUT2D eigenvalue weighted by Gasteiger charge is -2.62. The van der Waals surface area contributed by atoms with Gasteiger partial charge in [0.2, 0.25) is 0 Å². The summed E-state index contributed by atoms with van der Waals surface area (Å²) in [6, 6.07) is 10.8. The molecule has 1 aromatic rings. The maximum Gasteiger partial charge on any atom is 0.0720 e. The Morgan fingerprint density at radius 1 is 0.839 bits per heavy atom. The predicted octanol–water partition coefficient (Wildman–Crippen LogP) is 7.79. The number of rotatable bonds is 3. The average Bonchev–Trinajstić information content (AvgIpc) is 3.38. The highest BCUT2D eigenvalue weighted by Gasteiger charge is 2.62. The summed E-state index contributed by atoms with van der Waals surface area (Å²) < 4.78 is 7.23. The summed E-state index contributed by atoms with van der Waals surface area (Å²) in [5, 5.41) is 0. The molecule has 0 amide bonds. The molecule has 3 heteroatoms. The molecule has 7 atom stereocenters. The molecular formula is C28H40OS2. The van der Waals surface area contributed by atoms with Crippen LogP contribution < -0.4 is 0 Å². The fraction of sp³-hybridized carbons (Fsp3) is 0.786. The van der Waals surface area contributed by atoms with Gasteiger partial charge in [-0.05, 0) is 97.9 Å². The van der Waals surface area contributed by atoms with Crippen LogP contribution in [-0.2, 0) is 11.3 Å². The van der Waals surface area contributed by atoms with Crippen molar-refractivity contribution in [2.75, 3.05) is 11.5 Å². The van der Waals surface area contributed by atoms with Crippen LogP contribution in [0.4, 0.5) is 0 Å². The van der Waals surface area contributed by atoms with Crippen LogP contribution in [0.25, 0.3) is 0 Å². The molecule has 6 rings (SSSR count). The van der Waals surface area contributed by atoms with E-state index in [1.54, 1.807) is 0 Å². The van der Waals surface area contributed by atoms with E-state index in [0.29, 0.717) is 21.0 Å². The van der Waals surface area contributed by atoms with Gasteiger partial charge in [0, 0.05) is 11.5 Å². The van der Waals surface area contributed by atoms with E-state index in [1.807, 2.05) is 0 Å². The van der Waals surface area contributed by atoms with Crippen molar-refractivity contribution in [1.82, 2.24) is 0 Å². The topological polar surface area (TPSA) is 9.23 Å². The minimum atomic E-state index is 0.409. The molecule has 1 nitrogen and oxygen atoms in total. The first-order valence-electron chi connectivity index (χ1n) is 13.0. The van der Waals surface area contributed by atoms with Crippen LogP contribution in [0.3, 0.4) is 0 Å². The summed E-state index contributed by atoms with van der Waals surface area (Å²) in [5.74, 6) is 6.61. The van der Waals surface area contributed by atoms with Crippen molar-refractivity contribution in [3.8, 4) is 0 Å². The Morgan fingerprint density at radius 2 is 1.61 bits per heavy atom. The van der Waals surface area contributed by atoms with Gasteiger partial charge in [0.05, 0.1) is 16.8 Å². The van der Waals surface area contributed by atoms with Gasteiger partial charge >= 0.3 is 0 Å². The minimum Gasteiger partial charge on any atom is -0.373 e. The summed E-state index contributed by atoms with van der Waals surface area (Å²) in [4.78, 5) is 0. The summed E-state index contributed by atoms with van der Waals surface area (Å²) in [7, 11) is 0. The Labute approximate surface area is 198 Å². The molecule has 5 aliphatic rings. The molecule has 1 spiro atoms. The first-order valence-corrected chi connectivity index (χ1v) is 14.9. The Hall–Kier alpha value is -0.120. The number of benzene rings is 1. The highest BCUT2D eigenvalue weighted by molar-refractivity contribution is 8.21. The molecule has 0 N–H and O–H groups in total. The second kappa shape index (κ2) is 7.98. The van der Waals surface area contributed by atoms with E-state index >= 15 is 0 Å². The summed E-state index contributed by atoms with van der Waals surface area (Å²) in [6.07, 6.45) is 13.5. The van der Waals surface area contributed by atoms with E-state index in [9.17, 15) is 0 Å². The van der Waals surface area contributed by atoms with E-state index in [0.717, 1.165) is 30.3 Å². The van der Waals surface area contributed by atoms with Crippen molar-refractivity contribution in [3.05, 3.63) is 35.9 Å². The number of hydrogen-bond acceptors (Lipinski definition) is 3. The number of hydrogen-bond donors (Lipinski definition) is 0. The molecule has 1 aliphatic heterocycles. The van der Waals surface area contributed by atoms with Crippen molar-refractivity contribution < 1.29 is 4.74 Å². The van der Waals surface area contributed by atoms with Gasteiger partial charge < -0.3 is 4.74 Å². The van der Waals surface area contributed by atoms with Crippen LogP contribution in [0.2, 0.25) is 0 Å². The van der Waals surface area contributed by atoms with Crippen LogP contribution in [0.5, 0.6) is 0 Å². The SMILES string of the molecule is C[C@]12CCC3C(CC[C@H]4CC5(CC[C@]34C)SCCS5)C1CCC2OCc1ccccc1. The normalized spacial score (nSPS) is 45.8. The minimum absolute atomic E-state index is 0.409. The molecule has 5 fully saturated rings. The van der Waals surface area contributed by atoms with Crippen LogP contribution in [0, 0.1) is 34.5 Å². The smallest absolute Gasteiger partial charge is 0.0720 e. The highest BCUT2D eigenvalue weighted by Crippen LogP contribution is 2.69. The predicted molar refractivity (Wildman–Crippen MR) is 134 cm³/mol. The number of fused-ring (bicyclic) bond motifs is 5. The first-order chi connectivity index (χ1) is 15.0. The van der Waals surface area contributed by atoms with E-state index in [4.69, 9.17) is 4.74 Å². The van der Waals surface area contributed by atoms with Crippen molar-refractivity contribution in [1.29, 1.82) is 0 Å². The van der Waals surface area contributed by atoms with Crippen molar-refractivity contribution in [2.45, 2.75) is 88.4 Å². The van der Waals surface area contributed by atoms with E-state index < -0.39 is 0 Å². The van der Waals surface area contributed by atoms with Crippen LogP contribution in [-0.4, -0.2) is 21.7 Å². The van der Waals surface area contributed by atoms with Crippen LogP contribution in [0.1, 0.15) is 77.2 Å². The van der Waals surface area contributed by atoms with E-state index in [-0.39, 0.29) is 0 Å². The van der Waals surface area contributed by atoms with Crippen molar-refractivity contribution >= 4 is 23.5 Å². The Morgan fingerprint density at radius 3 is 2.42 bits per heavy atom. The molecule has 1 heterocycles. The third-order valence-electron chi connectivity index (χ3n) is 10.7. The molecule has 1 saturated heterocycles. The van der Waals surface area contributed by atoms with Gasteiger partial charge in [-0.1, -0.05) is 44.2 Å². The van der Waals surface area contributed by atoms with Gasteiger partial charge in [-0.3, -0.25) is 0 Å². The fourth-order valence-electron chi connectivity index (χ4n) is 8.95. The monoisotopic (exact) mass is 456 g/mol. The third kappa shape index (κ3) is 3.46. The second-order valence-electron chi connectivity index (χ2n) is 11.9. The molecule has 170 valence electrons. The Bertz CT molecular complexity index is 789. The third-order valence-corrected chi connectivity index (χ3v) is 14.3. The van der Waals surface area contributed by atoms with Crippen molar-refractivity contribution in [2.24, 2.45) is 34.5 Å². The van der Waals surface area contributed by atoms with E-state index in [2.05, 4.69) is 67.7 Å². The van der Waals surface area contributed by atoms with Gasteiger partial charge in [0.15, 0.2) is 0 Å². The van der Waals surface area contributed by atoms with Gasteiger partial charge in [-0.25, -0.2) is 0 Å². The fourth-order valence-corrected chi connectivity index (χ4v) is 12.3. The lowest BCUT2D eigenvalue weighted by molar-refractivity contribution is -0.133. The molecule has 31 heavy (non-hydrogen) atoms. The molecule has 1 aromatic carbocycles. The molecule has 0 aromatic heterocycles. The second-order valence-corrected chi connectivity index (χ2v) is 15.1. The van der Waals surface area contributed by atoms with Gasteiger partial charge in [-0.15, -0.1) is 23.5 Å². The quantitative estimate of drug-likeness (QED) is 0.459. The standard InChI is InChI=1S/C28H40OS2/c1-26-14-15-28(30-16-17-31-28)18-21(26)8-9-22-23-10-11-25(27(23,2)13-12-24(22)26)29-19-20-6-4-3-5-7-20/h3-7,21-25H,8-19H2,1-2H3/t21-,22?,23?,24?,25?,26-,27-/m0/s1. The molecule has 0 radical (unpaired) electrons. The van der Waals surface area contributed by atoms with Crippen molar-refractivity contribution in [3.63, 3.8) is 0 Å². The largest absolute Gasteiger partial charge is 0.373 e. The maximum atomic E-state index is 6.63. The molecule has 4 aliphatic carbocycles. The lowest BCUT2D eigenvalue weighted by atomic mass is 9.45. The zero-order chi connectivity index (χ0) is 21.1. The zero-order valence-corrected chi connectivity index (χ0v) is 21.1. The summed E-state index contributed by atoms with van der Waals surface area (Å²) in [6.45, 7) is 6.12. The maximum absolute atomic E-state index is 6.63. The van der Waals surface area contributed by atoms with Gasteiger partial charge in [0.25, 0.3) is 0 Å².